The molecule has 0 radical (unpaired) electrons. The molecular formula is C17H21BO3. The topological polar surface area (TPSA) is 27.7 Å². The van der Waals surface area contributed by atoms with Crippen LogP contribution in [-0.2, 0) is 9.31 Å². The van der Waals surface area contributed by atoms with Crippen molar-refractivity contribution in [2.24, 2.45) is 0 Å². The van der Waals surface area contributed by atoms with Crippen LogP contribution in [0.2, 0.25) is 0 Å². The molecule has 1 saturated heterocycles. The van der Waals surface area contributed by atoms with E-state index in [0.717, 1.165) is 28.4 Å². The maximum atomic E-state index is 6.15. The summed E-state index contributed by atoms with van der Waals surface area (Å²) in [6.45, 7) is 6.33. The van der Waals surface area contributed by atoms with Gasteiger partial charge in [-0.05, 0) is 44.1 Å². The van der Waals surface area contributed by atoms with Gasteiger partial charge in [-0.2, -0.15) is 0 Å². The summed E-state index contributed by atoms with van der Waals surface area (Å²) in [5, 5.41) is 2.20. The van der Waals surface area contributed by atoms with Crippen LogP contribution in [0.4, 0.5) is 0 Å². The quantitative estimate of drug-likeness (QED) is 0.793. The Bertz CT molecular complexity index is 654. The molecule has 3 nitrogen and oxygen atoms in total. The Hall–Kier alpha value is -1.52. The highest BCUT2D eigenvalue weighted by atomic mass is 16.6. The zero-order valence-corrected chi connectivity index (χ0v) is 13.1. The Kier molecular flexibility index (Phi) is 3.68. The first kappa shape index (κ1) is 14.4. The Morgan fingerprint density at radius 1 is 1.14 bits per heavy atom. The van der Waals surface area contributed by atoms with E-state index in [9.17, 15) is 0 Å². The number of fused-ring (bicyclic) bond motifs is 1. The largest absolute Gasteiger partial charge is 0.496 e. The van der Waals surface area contributed by atoms with Crippen LogP contribution >= 0.6 is 0 Å². The van der Waals surface area contributed by atoms with Crippen molar-refractivity contribution < 1.29 is 14.0 Å². The predicted molar refractivity (Wildman–Crippen MR) is 86.2 cm³/mol. The normalized spacial score (nSPS) is 21.5. The van der Waals surface area contributed by atoms with E-state index in [4.69, 9.17) is 14.0 Å². The summed E-state index contributed by atoms with van der Waals surface area (Å²) >= 11 is 0. The van der Waals surface area contributed by atoms with Gasteiger partial charge in [-0.1, -0.05) is 30.3 Å². The number of ether oxygens (including phenoxy) is 1. The van der Waals surface area contributed by atoms with Crippen molar-refractivity contribution in [3.63, 3.8) is 0 Å². The lowest BCUT2D eigenvalue weighted by molar-refractivity contribution is -0.0228. The molecule has 2 aromatic carbocycles. The summed E-state index contributed by atoms with van der Waals surface area (Å²) in [6.07, 6.45) is 1.08. The Labute approximate surface area is 126 Å². The van der Waals surface area contributed by atoms with E-state index < -0.39 is 0 Å². The molecule has 4 heteroatoms. The fourth-order valence-corrected chi connectivity index (χ4v) is 3.13. The molecule has 2 aromatic rings. The van der Waals surface area contributed by atoms with E-state index in [0.29, 0.717) is 0 Å². The second-order valence-corrected chi connectivity index (χ2v) is 6.26. The molecule has 0 bridgehead atoms. The lowest BCUT2D eigenvalue weighted by atomic mass is 9.72. The predicted octanol–water partition coefficient (Wildman–Crippen LogP) is 3.15. The SMILES string of the molecule is COc1ccc(B2OC(C)CC(C)(C)O2)c2ccccc12. The van der Waals surface area contributed by atoms with E-state index in [2.05, 4.69) is 32.9 Å². The van der Waals surface area contributed by atoms with Gasteiger partial charge in [-0.25, -0.2) is 0 Å². The molecule has 21 heavy (non-hydrogen) atoms. The summed E-state index contributed by atoms with van der Waals surface area (Å²) in [5.74, 6) is 0.873. The van der Waals surface area contributed by atoms with Crippen LogP contribution in [-0.4, -0.2) is 25.9 Å². The van der Waals surface area contributed by atoms with E-state index in [-0.39, 0.29) is 18.8 Å². The number of hydrogen-bond donors (Lipinski definition) is 0. The summed E-state index contributed by atoms with van der Waals surface area (Å²) in [7, 11) is 1.36. The van der Waals surface area contributed by atoms with E-state index in [1.165, 1.54) is 0 Å². The van der Waals surface area contributed by atoms with Crippen molar-refractivity contribution in [2.75, 3.05) is 7.11 Å². The first-order valence-electron chi connectivity index (χ1n) is 7.39. The minimum atomic E-state index is -0.334. The minimum Gasteiger partial charge on any atom is -0.496 e. The molecule has 0 amide bonds. The van der Waals surface area contributed by atoms with Crippen LogP contribution in [0.1, 0.15) is 27.2 Å². The molecule has 1 unspecified atom stereocenters. The summed E-state index contributed by atoms with van der Waals surface area (Å²) in [4.78, 5) is 0. The van der Waals surface area contributed by atoms with Gasteiger partial charge in [0.25, 0.3) is 0 Å². The standard InChI is InChI=1S/C17H21BO3/c1-12-11-17(2,3)21-18(20-12)15-9-10-16(19-4)14-8-6-5-7-13(14)15/h5-10,12H,11H2,1-4H3. The summed E-state index contributed by atoms with van der Waals surface area (Å²) in [6, 6.07) is 12.2. The van der Waals surface area contributed by atoms with E-state index in [1.54, 1.807) is 7.11 Å². The molecule has 0 aliphatic carbocycles. The second kappa shape index (κ2) is 5.36. The van der Waals surface area contributed by atoms with Crippen molar-refractivity contribution in [1.29, 1.82) is 0 Å². The number of rotatable bonds is 2. The summed E-state index contributed by atoms with van der Waals surface area (Å²) < 4.78 is 17.6. The third-order valence-electron chi connectivity index (χ3n) is 3.95. The van der Waals surface area contributed by atoms with Gasteiger partial charge in [0.05, 0.1) is 12.7 Å². The van der Waals surface area contributed by atoms with Crippen molar-refractivity contribution in [3.05, 3.63) is 36.4 Å². The second-order valence-electron chi connectivity index (χ2n) is 6.26. The Morgan fingerprint density at radius 2 is 1.86 bits per heavy atom. The molecule has 1 fully saturated rings. The van der Waals surface area contributed by atoms with Crippen molar-refractivity contribution >= 4 is 23.4 Å². The van der Waals surface area contributed by atoms with Crippen LogP contribution < -0.4 is 10.2 Å². The number of hydrogen-bond acceptors (Lipinski definition) is 3. The average molecular weight is 284 g/mol. The van der Waals surface area contributed by atoms with Gasteiger partial charge in [-0.15, -0.1) is 0 Å². The maximum absolute atomic E-state index is 6.15. The molecular weight excluding hydrogens is 263 g/mol. The number of methoxy groups -OCH3 is 1. The zero-order chi connectivity index (χ0) is 15.0. The van der Waals surface area contributed by atoms with Gasteiger partial charge >= 0.3 is 7.12 Å². The molecule has 0 N–H and O–H groups in total. The molecule has 1 aliphatic rings. The molecule has 1 heterocycles. The van der Waals surface area contributed by atoms with E-state index in [1.807, 2.05) is 24.3 Å². The highest BCUT2D eigenvalue weighted by Gasteiger charge is 2.38. The highest BCUT2D eigenvalue weighted by molar-refractivity contribution is 6.64. The van der Waals surface area contributed by atoms with Crippen molar-refractivity contribution in [2.45, 2.75) is 38.9 Å². The van der Waals surface area contributed by atoms with Gasteiger partial charge in [0.1, 0.15) is 5.75 Å². The zero-order valence-electron chi connectivity index (χ0n) is 13.1. The van der Waals surface area contributed by atoms with Crippen LogP contribution in [0.5, 0.6) is 5.75 Å². The lowest BCUT2D eigenvalue weighted by Crippen LogP contribution is -2.51. The molecule has 3 rings (SSSR count). The van der Waals surface area contributed by atoms with E-state index >= 15 is 0 Å². The molecule has 0 aromatic heterocycles. The summed E-state index contributed by atoms with van der Waals surface area (Å²) in [5.41, 5.74) is 0.884. The Morgan fingerprint density at radius 3 is 2.52 bits per heavy atom. The van der Waals surface area contributed by atoms with Gasteiger partial charge in [-0.3, -0.25) is 0 Å². The third-order valence-corrected chi connectivity index (χ3v) is 3.95. The minimum absolute atomic E-state index is 0.177. The van der Waals surface area contributed by atoms with Crippen LogP contribution in [0, 0.1) is 0 Å². The number of benzene rings is 2. The van der Waals surface area contributed by atoms with Crippen molar-refractivity contribution in [1.82, 2.24) is 0 Å². The molecule has 1 aliphatic heterocycles. The highest BCUT2D eigenvalue weighted by Crippen LogP contribution is 2.29. The van der Waals surface area contributed by atoms with Gasteiger partial charge in [0.2, 0.25) is 0 Å². The van der Waals surface area contributed by atoms with Crippen molar-refractivity contribution in [3.8, 4) is 5.75 Å². The third kappa shape index (κ3) is 2.78. The fourth-order valence-electron chi connectivity index (χ4n) is 3.13. The van der Waals surface area contributed by atoms with Gasteiger partial charge in [0.15, 0.2) is 0 Å². The van der Waals surface area contributed by atoms with Gasteiger partial charge in [0, 0.05) is 11.5 Å². The smallest absolute Gasteiger partial charge is 0.495 e. The first-order chi connectivity index (χ1) is 10.00. The van der Waals surface area contributed by atoms with Crippen LogP contribution in [0.25, 0.3) is 10.8 Å². The molecule has 0 spiro atoms. The Balaban J connectivity index is 2.08. The lowest BCUT2D eigenvalue weighted by Gasteiger charge is -2.38. The first-order valence-corrected chi connectivity index (χ1v) is 7.39. The monoisotopic (exact) mass is 284 g/mol. The molecule has 110 valence electrons. The maximum Gasteiger partial charge on any atom is 0.495 e. The molecule has 1 atom stereocenters. The van der Waals surface area contributed by atoms with Gasteiger partial charge < -0.3 is 14.0 Å². The fraction of sp³-hybridized carbons (Fsp3) is 0.412. The average Bonchev–Trinajstić information content (AvgIpc) is 2.44. The van der Waals surface area contributed by atoms with Crippen LogP contribution in [0.15, 0.2) is 36.4 Å². The molecule has 0 saturated carbocycles. The van der Waals surface area contributed by atoms with Crippen LogP contribution in [0.3, 0.4) is 0 Å².